The smallest absolute Gasteiger partial charge is 0.343 e. The van der Waals surface area contributed by atoms with Gasteiger partial charge in [-0.2, -0.15) is 5.10 Å². The highest BCUT2D eigenvalue weighted by atomic mass is 79.9. The van der Waals surface area contributed by atoms with Crippen LogP contribution in [0.1, 0.15) is 31.8 Å². The van der Waals surface area contributed by atoms with Gasteiger partial charge in [-0.3, -0.25) is 4.79 Å². The molecule has 0 radical (unpaired) electrons. The van der Waals surface area contributed by atoms with Crippen LogP contribution in [0.2, 0.25) is 0 Å². The maximum atomic E-state index is 12.4. The molecular formula is C22H16Br2N2O3. The molecule has 0 saturated heterocycles. The molecule has 146 valence electrons. The minimum absolute atomic E-state index is 0.333. The Labute approximate surface area is 185 Å². The zero-order chi connectivity index (χ0) is 20.8. The Morgan fingerprint density at radius 1 is 0.931 bits per heavy atom. The molecule has 1 amide bonds. The fourth-order valence-electron chi connectivity index (χ4n) is 2.42. The topological polar surface area (TPSA) is 67.8 Å². The van der Waals surface area contributed by atoms with Gasteiger partial charge < -0.3 is 4.74 Å². The van der Waals surface area contributed by atoms with Crippen molar-refractivity contribution in [2.75, 3.05) is 0 Å². The first-order valence-electron chi connectivity index (χ1n) is 8.60. The van der Waals surface area contributed by atoms with Crippen LogP contribution in [0.15, 0.2) is 80.8 Å². The lowest BCUT2D eigenvalue weighted by Crippen LogP contribution is -2.17. The molecule has 3 aromatic carbocycles. The van der Waals surface area contributed by atoms with E-state index in [1.807, 2.05) is 25.1 Å². The zero-order valence-corrected chi connectivity index (χ0v) is 18.5. The van der Waals surface area contributed by atoms with E-state index in [4.69, 9.17) is 4.74 Å². The first kappa shape index (κ1) is 21.0. The highest BCUT2D eigenvalue weighted by molar-refractivity contribution is 9.10. The van der Waals surface area contributed by atoms with Crippen LogP contribution in [-0.2, 0) is 0 Å². The fraction of sp³-hybridized carbons (Fsp3) is 0.0455. The van der Waals surface area contributed by atoms with Gasteiger partial charge in [0.05, 0.1) is 11.8 Å². The monoisotopic (exact) mass is 514 g/mol. The van der Waals surface area contributed by atoms with E-state index in [0.717, 1.165) is 14.5 Å². The highest BCUT2D eigenvalue weighted by Gasteiger charge is 2.12. The minimum atomic E-state index is -0.472. The number of hydrogen-bond donors (Lipinski definition) is 1. The number of hydrazone groups is 1. The Hall–Kier alpha value is -2.77. The molecule has 0 atom stereocenters. The van der Waals surface area contributed by atoms with Crippen LogP contribution < -0.4 is 10.2 Å². The third kappa shape index (κ3) is 5.85. The number of aryl methyl sites for hydroxylation is 1. The van der Waals surface area contributed by atoms with E-state index in [1.165, 1.54) is 6.21 Å². The van der Waals surface area contributed by atoms with Gasteiger partial charge in [0.25, 0.3) is 5.91 Å². The summed E-state index contributed by atoms with van der Waals surface area (Å²) in [5.41, 5.74) is 4.98. The number of nitrogens with zero attached hydrogens (tertiary/aromatic N) is 1. The average molecular weight is 516 g/mol. The SMILES string of the molecule is Cc1ccc(C(=O)Oc2ccc(Br)cc2/C=N/NC(=O)c2cccc(Br)c2)cc1. The molecule has 0 fully saturated rings. The Balaban J connectivity index is 1.74. The van der Waals surface area contributed by atoms with E-state index >= 15 is 0 Å². The third-order valence-electron chi connectivity index (χ3n) is 3.92. The molecule has 29 heavy (non-hydrogen) atoms. The molecule has 1 N–H and O–H groups in total. The van der Waals surface area contributed by atoms with Gasteiger partial charge in [0, 0.05) is 20.1 Å². The lowest BCUT2D eigenvalue weighted by atomic mass is 10.1. The third-order valence-corrected chi connectivity index (χ3v) is 4.90. The number of halogens is 2. The normalized spacial score (nSPS) is 10.7. The molecule has 0 spiro atoms. The predicted octanol–water partition coefficient (Wildman–Crippen LogP) is 5.50. The molecule has 0 saturated carbocycles. The molecule has 0 heterocycles. The molecule has 0 aliphatic carbocycles. The number of amides is 1. The second-order valence-electron chi connectivity index (χ2n) is 6.15. The van der Waals surface area contributed by atoms with Crippen molar-refractivity contribution in [1.29, 1.82) is 0 Å². The number of rotatable bonds is 5. The lowest BCUT2D eigenvalue weighted by Gasteiger charge is -2.08. The Morgan fingerprint density at radius 3 is 2.38 bits per heavy atom. The van der Waals surface area contributed by atoms with Crippen molar-refractivity contribution in [3.8, 4) is 5.75 Å². The minimum Gasteiger partial charge on any atom is -0.422 e. The van der Waals surface area contributed by atoms with E-state index in [9.17, 15) is 9.59 Å². The van der Waals surface area contributed by atoms with Crippen LogP contribution in [0.5, 0.6) is 5.75 Å². The largest absolute Gasteiger partial charge is 0.422 e. The Bertz CT molecular complexity index is 1080. The second kappa shape index (κ2) is 9.62. The Kier molecular flexibility index (Phi) is 6.95. The summed E-state index contributed by atoms with van der Waals surface area (Å²) in [6, 6.07) is 19.2. The highest BCUT2D eigenvalue weighted by Crippen LogP contribution is 2.23. The molecule has 3 aromatic rings. The molecule has 5 nitrogen and oxygen atoms in total. The number of esters is 1. The van der Waals surface area contributed by atoms with Crippen molar-refractivity contribution in [2.45, 2.75) is 6.92 Å². The van der Waals surface area contributed by atoms with Crippen LogP contribution in [-0.4, -0.2) is 18.1 Å². The van der Waals surface area contributed by atoms with Gasteiger partial charge in [0.1, 0.15) is 5.75 Å². The quantitative estimate of drug-likeness (QED) is 0.211. The molecule has 3 rings (SSSR count). The first-order chi connectivity index (χ1) is 13.9. The molecule has 0 aliphatic heterocycles. The summed E-state index contributed by atoms with van der Waals surface area (Å²) in [7, 11) is 0. The van der Waals surface area contributed by atoms with Gasteiger partial charge in [-0.15, -0.1) is 0 Å². The van der Waals surface area contributed by atoms with E-state index in [0.29, 0.717) is 22.4 Å². The maximum absolute atomic E-state index is 12.4. The predicted molar refractivity (Wildman–Crippen MR) is 119 cm³/mol. The number of ether oxygens (including phenoxy) is 1. The Morgan fingerprint density at radius 2 is 1.66 bits per heavy atom. The number of benzene rings is 3. The molecule has 7 heteroatoms. The summed E-state index contributed by atoms with van der Waals surface area (Å²) >= 11 is 6.71. The van der Waals surface area contributed by atoms with Crippen LogP contribution in [0.4, 0.5) is 0 Å². The molecule has 0 unspecified atom stereocenters. The first-order valence-corrected chi connectivity index (χ1v) is 10.2. The number of hydrogen-bond acceptors (Lipinski definition) is 4. The van der Waals surface area contributed by atoms with Crippen LogP contribution in [0.3, 0.4) is 0 Å². The molecule has 0 bridgehead atoms. The lowest BCUT2D eigenvalue weighted by molar-refractivity contribution is 0.0734. The number of carbonyl (C=O) groups excluding carboxylic acids is 2. The van der Waals surface area contributed by atoms with E-state index in [1.54, 1.807) is 48.5 Å². The summed E-state index contributed by atoms with van der Waals surface area (Å²) in [6.45, 7) is 1.95. The van der Waals surface area contributed by atoms with E-state index < -0.39 is 5.97 Å². The van der Waals surface area contributed by atoms with E-state index in [-0.39, 0.29) is 5.91 Å². The summed E-state index contributed by atoms with van der Waals surface area (Å²) in [6.07, 6.45) is 1.43. The van der Waals surface area contributed by atoms with Crippen LogP contribution in [0.25, 0.3) is 0 Å². The van der Waals surface area contributed by atoms with Crippen molar-refractivity contribution in [1.82, 2.24) is 5.43 Å². The molecule has 0 aliphatic rings. The fourth-order valence-corrected chi connectivity index (χ4v) is 3.19. The van der Waals surface area contributed by atoms with Gasteiger partial charge in [0.15, 0.2) is 0 Å². The van der Waals surface area contributed by atoms with Crippen molar-refractivity contribution in [3.63, 3.8) is 0 Å². The molecule has 0 aromatic heterocycles. The van der Waals surface area contributed by atoms with Gasteiger partial charge in [-0.1, -0.05) is 55.6 Å². The number of nitrogens with one attached hydrogen (secondary N) is 1. The van der Waals surface area contributed by atoms with Crippen LogP contribution >= 0.6 is 31.9 Å². The maximum Gasteiger partial charge on any atom is 0.343 e. The van der Waals surface area contributed by atoms with Crippen LogP contribution in [0, 0.1) is 6.92 Å². The summed E-state index contributed by atoms with van der Waals surface area (Å²) < 4.78 is 7.10. The van der Waals surface area contributed by atoms with Crippen molar-refractivity contribution >= 4 is 50.0 Å². The summed E-state index contributed by atoms with van der Waals surface area (Å²) in [5, 5.41) is 3.99. The van der Waals surface area contributed by atoms with Gasteiger partial charge in [0.2, 0.25) is 0 Å². The van der Waals surface area contributed by atoms with Gasteiger partial charge in [-0.25, -0.2) is 10.2 Å². The molecular weight excluding hydrogens is 500 g/mol. The zero-order valence-electron chi connectivity index (χ0n) is 15.4. The standard InChI is InChI=1S/C22H16Br2N2O3/c1-14-5-7-15(8-6-14)22(28)29-20-10-9-19(24)12-17(20)13-25-26-21(27)16-3-2-4-18(23)11-16/h2-13H,1H3,(H,26,27)/b25-13+. The number of carbonyl (C=O) groups is 2. The van der Waals surface area contributed by atoms with Crippen molar-refractivity contribution < 1.29 is 14.3 Å². The van der Waals surface area contributed by atoms with Gasteiger partial charge >= 0.3 is 5.97 Å². The summed E-state index contributed by atoms with van der Waals surface area (Å²) in [4.78, 5) is 24.6. The van der Waals surface area contributed by atoms with Crippen molar-refractivity contribution in [3.05, 3.63) is 97.9 Å². The second-order valence-corrected chi connectivity index (χ2v) is 7.98. The van der Waals surface area contributed by atoms with Crippen molar-refractivity contribution in [2.24, 2.45) is 5.10 Å². The van der Waals surface area contributed by atoms with Gasteiger partial charge in [-0.05, 0) is 55.5 Å². The van der Waals surface area contributed by atoms with E-state index in [2.05, 4.69) is 42.4 Å². The summed E-state index contributed by atoms with van der Waals surface area (Å²) in [5.74, 6) is -0.491. The average Bonchev–Trinajstić information content (AvgIpc) is 2.70.